The lowest BCUT2D eigenvalue weighted by molar-refractivity contribution is -0.134. The van der Waals surface area contributed by atoms with Crippen LogP contribution in [-0.4, -0.2) is 76.4 Å². The molecule has 0 spiro atoms. The minimum absolute atomic E-state index is 0.0223. The summed E-state index contributed by atoms with van der Waals surface area (Å²) < 4.78 is 0. The van der Waals surface area contributed by atoms with E-state index in [0.717, 1.165) is 64.7 Å². The Kier molecular flexibility index (Phi) is 6.67. The molecule has 3 fully saturated rings. The number of nitrogens with one attached hydrogen (secondary N) is 2. The number of piperidine rings is 1. The first-order valence-corrected chi connectivity index (χ1v) is 13.1. The van der Waals surface area contributed by atoms with Gasteiger partial charge >= 0.3 is 6.03 Å². The predicted molar refractivity (Wildman–Crippen MR) is 134 cm³/mol. The van der Waals surface area contributed by atoms with Crippen LogP contribution in [0.3, 0.4) is 0 Å². The van der Waals surface area contributed by atoms with Crippen molar-refractivity contribution >= 4 is 22.8 Å². The summed E-state index contributed by atoms with van der Waals surface area (Å²) >= 11 is 0. The number of fused-ring (bicyclic) bond motifs is 1. The summed E-state index contributed by atoms with van der Waals surface area (Å²) in [6.45, 7) is 6.54. The smallest absolute Gasteiger partial charge is 0.325 e. The summed E-state index contributed by atoms with van der Waals surface area (Å²) in [5, 5.41) is 4.45. The fraction of sp³-hybridized carbons (Fsp3) is 0.630. The van der Waals surface area contributed by atoms with Crippen molar-refractivity contribution in [2.24, 2.45) is 5.92 Å². The first-order chi connectivity index (χ1) is 16.5. The van der Waals surface area contributed by atoms with Crippen LogP contribution in [0.25, 0.3) is 10.9 Å². The minimum atomic E-state index is -0.722. The van der Waals surface area contributed by atoms with E-state index >= 15 is 0 Å². The van der Waals surface area contributed by atoms with Crippen molar-refractivity contribution in [2.75, 3.05) is 33.2 Å². The van der Waals surface area contributed by atoms with Gasteiger partial charge in [0.2, 0.25) is 0 Å². The van der Waals surface area contributed by atoms with E-state index in [4.69, 9.17) is 0 Å². The summed E-state index contributed by atoms with van der Waals surface area (Å²) in [7, 11) is 2.15. The number of rotatable bonds is 8. The Bertz CT molecular complexity index is 994. The highest BCUT2D eigenvalue weighted by Gasteiger charge is 2.55. The van der Waals surface area contributed by atoms with Crippen LogP contribution in [0.4, 0.5) is 4.79 Å². The zero-order chi connectivity index (χ0) is 23.7. The molecular formula is C27H39N5O2. The SMILES string of the molecule is CCCC1(C2CCN(Cc3cc4ccccc4[nH]3)CC2)NC(=O)N(CCC2CCCN2C)C1=O. The van der Waals surface area contributed by atoms with Gasteiger partial charge < -0.3 is 15.2 Å². The van der Waals surface area contributed by atoms with Crippen molar-refractivity contribution < 1.29 is 9.59 Å². The van der Waals surface area contributed by atoms with Crippen LogP contribution in [0.1, 0.15) is 57.6 Å². The highest BCUT2D eigenvalue weighted by Crippen LogP contribution is 2.37. The monoisotopic (exact) mass is 465 g/mol. The van der Waals surface area contributed by atoms with Crippen LogP contribution in [-0.2, 0) is 11.3 Å². The summed E-state index contributed by atoms with van der Waals surface area (Å²) in [6.07, 6.45) is 6.73. The van der Waals surface area contributed by atoms with Gasteiger partial charge in [0.1, 0.15) is 5.54 Å². The Balaban J connectivity index is 1.22. The number of likely N-dealkylation sites (tertiary alicyclic amines) is 2. The Morgan fingerprint density at radius 1 is 1.09 bits per heavy atom. The zero-order valence-electron chi connectivity index (χ0n) is 20.7. The second-order valence-electron chi connectivity index (χ2n) is 10.6. The summed E-state index contributed by atoms with van der Waals surface area (Å²) in [5.74, 6) is 0.219. The van der Waals surface area contributed by atoms with Gasteiger partial charge in [-0.15, -0.1) is 0 Å². The first-order valence-electron chi connectivity index (χ1n) is 13.1. The second kappa shape index (κ2) is 9.70. The lowest BCUT2D eigenvalue weighted by Gasteiger charge is -2.41. The van der Waals surface area contributed by atoms with Crippen LogP contribution in [0.15, 0.2) is 30.3 Å². The third-order valence-electron chi connectivity index (χ3n) is 8.47. The average Bonchev–Trinajstić information content (AvgIpc) is 3.50. The maximum Gasteiger partial charge on any atom is 0.325 e. The van der Waals surface area contributed by atoms with Crippen LogP contribution < -0.4 is 5.32 Å². The molecule has 1 aromatic heterocycles. The number of carbonyl (C=O) groups is 2. The number of benzene rings is 1. The number of nitrogens with zero attached hydrogens (tertiary/aromatic N) is 3. The lowest BCUT2D eigenvalue weighted by atomic mass is 9.74. The molecule has 0 bridgehead atoms. The molecule has 7 nitrogen and oxygen atoms in total. The number of aromatic amines is 1. The van der Waals surface area contributed by atoms with Gasteiger partial charge in [0.15, 0.2) is 0 Å². The molecule has 3 amide bonds. The van der Waals surface area contributed by atoms with Gasteiger partial charge in [-0.25, -0.2) is 4.79 Å². The van der Waals surface area contributed by atoms with Gasteiger partial charge in [-0.1, -0.05) is 31.5 Å². The third kappa shape index (κ3) is 4.36. The Morgan fingerprint density at radius 2 is 1.88 bits per heavy atom. The van der Waals surface area contributed by atoms with Gasteiger partial charge in [-0.3, -0.25) is 14.6 Å². The maximum absolute atomic E-state index is 13.7. The molecule has 4 heterocycles. The van der Waals surface area contributed by atoms with Crippen LogP contribution in [0.5, 0.6) is 0 Å². The molecule has 5 rings (SSSR count). The van der Waals surface area contributed by atoms with Gasteiger partial charge in [0, 0.05) is 30.3 Å². The highest BCUT2D eigenvalue weighted by atomic mass is 16.2. The van der Waals surface area contributed by atoms with Gasteiger partial charge in [-0.2, -0.15) is 0 Å². The number of para-hydroxylation sites is 1. The molecule has 34 heavy (non-hydrogen) atoms. The molecule has 3 aliphatic heterocycles. The van der Waals surface area contributed by atoms with E-state index in [1.165, 1.54) is 27.9 Å². The van der Waals surface area contributed by atoms with Crippen molar-refractivity contribution in [1.82, 2.24) is 25.0 Å². The normalized spacial score (nSPS) is 27.2. The number of hydrogen-bond donors (Lipinski definition) is 2. The molecule has 7 heteroatoms. The second-order valence-corrected chi connectivity index (χ2v) is 10.6. The average molecular weight is 466 g/mol. The number of carbonyl (C=O) groups excluding carboxylic acids is 2. The maximum atomic E-state index is 13.7. The Morgan fingerprint density at radius 3 is 2.59 bits per heavy atom. The molecule has 184 valence electrons. The minimum Gasteiger partial charge on any atom is -0.357 e. The third-order valence-corrected chi connectivity index (χ3v) is 8.47. The quantitative estimate of drug-likeness (QED) is 0.579. The van der Waals surface area contributed by atoms with E-state index in [-0.39, 0.29) is 17.9 Å². The number of urea groups is 1. The van der Waals surface area contributed by atoms with E-state index in [9.17, 15) is 9.59 Å². The largest absolute Gasteiger partial charge is 0.357 e. The fourth-order valence-corrected chi connectivity index (χ4v) is 6.56. The Hall–Kier alpha value is -2.38. The Labute approximate surface area is 202 Å². The van der Waals surface area contributed by atoms with E-state index in [2.05, 4.69) is 64.4 Å². The standard InChI is InChI=1S/C27H39N5O2/c1-3-13-27(25(33)32(26(34)29-27)17-12-23-8-6-14-30(23)2)21-10-15-31(16-11-21)19-22-18-20-7-4-5-9-24(20)28-22/h4-5,7,9,18,21,23,28H,3,6,8,10-17,19H2,1-2H3,(H,29,34). The molecule has 0 saturated carbocycles. The van der Waals surface area contributed by atoms with Crippen LogP contribution in [0.2, 0.25) is 0 Å². The van der Waals surface area contributed by atoms with Gasteiger partial charge in [-0.05, 0) is 88.6 Å². The number of H-pyrrole nitrogens is 1. The number of aromatic nitrogens is 1. The highest BCUT2D eigenvalue weighted by molar-refractivity contribution is 6.07. The molecule has 0 radical (unpaired) electrons. The lowest BCUT2D eigenvalue weighted by Crippen LogP contribution is -2.56. The van der Waals surface area contributed by atoms with Crippen molar-refractivity contribution in [3.63, 3.8) is 0 Å². The molecule has 2 aromatic rings. The topological polar surface area (TPSA) is 71.7 Å². The molecule has 1 aromatic carbocycles. The molecule has 0 aliphatic carbocycles. The summed E-state index contributed by atoms with van der Waals surface area (Å²) in [6, 6.07) is 10.9. The number of imide groups is 1. The molecule has 3 saturated heterocycles. The molecule has 3 aliphatic rings. The molecular weight excluding hydrogens is 426 g/mol. The molecule has 2 atom stereocenters. The van der Waals surface area contributed by atoms with E-state index in [1.54, 1.807) is 0 Å². The molecule has 2 unspecified atom stereocenters. The van der Waals surface area contributed by atoms with Crippen LogP contribution >= 0.6 is 0 Å². The predicted octanol–water partition coefficient (Wildman–Crippen LogP) is 3.95. The van der Waals surface area contributed by atoms with Crippen LogP contribution in [0, 0.1) is 5.92 Å². The zero-order valence-corrected chi connectivity index (χ0v) is 20.7. The van der Waals surface area contributed by atoms with Gasteiger partial charge in [0.05, 0.1) is 0 Å². The van der Waals surface area contributed by atoms with Crippen molar-refractivity contribution in [2.45, 2.75) is 70.0 Å². The molecule has 2 N–H and O–H groups in total. The van der Waals surface area contributed by atoms with E-state index in [0.29, 0.717) is 12.6 Å². The van der Waals surface area contributed by atoms with Crippen molar-refractivity contribution in [3.05, 3.63) is 36.0 Å². The number of hydrogen-bond acceptors (Lipinski definition) is 4. The van der Waals surface area contributed by atoms with Gasteiger partial charge in [0.25, 0.3) is 5.91 Å². The summed E-state index contributed by atoms with van der Waals surface area (Å²) in [4.78, 5) is 36.5. The summed E-state index contributed by atoms with van der Waals surface area (Å²) in [5.41, 5.74) is 1.69. The van der Waals surface area contributed by atoms with E-state index < -0.39 is 5.54 Å². The van der Waals surface area contributed by atoms with Crippen molar-refractivity contribution in [1.29, 1.82) is 0 Å². The fourth-order valence-electron chi connectivity index (χ4n) is 6.56. The van der Waals surface area contributed by atoms with E-state index in [1.807, 2.05) is 0 Å². The number of amides is 3. The first kappa shape index (κ1) is 23.4. The van der Waals surface area contributed by atoms with Crippen molar-refractivity contribution in [3.8, 4) is 0 Å².